The molecule has 0 aliphatic carbocycles. The first-order valence-corrected chi connectivity index (χ1v) is 5.20. The van der Waals surface area contributed by atoms with Crippen LogP contribution in [0.3, 0.4) is 0 Å². The highest BCUT2D eigenvalue weighted by Gasteiger charge is 2.08. The molecule has 3 nitrogen and oxygen atoms in total. The van der Waals surface area contributed by atoms with Gasteiger partial charge in [-0.15, -0.1) is 0 Å². The highest BCUT2D eigenvalue weighted by Crippen LogP contribution is 2.21. The summed E-state index contributed by atoms with van der Waals surface area (Å²) < 4.78 is 0. The summed E-state index contributed by atoms with van der Waals surface area (Å²) in [5.74, 6) is 0.0487. The molecule has 3 N–H and O–H groups in total. The van der Waals surface area contributed by atoms with Crippen LogP contribution in [-0.4, -0.2) is 19.5 Å². The lowest BCUT2D eigenvalue weighted by Crippen LogP contribution is -2.82. The van der Waals surface area contributed by atoms with Gasteiger partial charge in [-0.25, -0.2) is 0 Å². The molecule has 0 bridgehead atoms. The van der Waals surface area contributed by atoms with Crippen LogP contribution in [0, 0.1) is 20.8 Å². The SMILES string of the molecule is C[NH2+]CC(=O)Nc1c(C)cc(C)cc1C. The first-order valence-electron chi connectivity index (χ1n) is 5.20. The summed E-state index contributed by atoms with van der Waals surface area (Å²) in [6.07, 6.45) is 0. The van der Waals surface area contributed by atoms with Crippen LogP contribution in [0.1, 0.15) is 16.7 Å². The van der Waals surface area contributed by atoms with Gasteiger partial charge < -0.3 is 10.6 Å². The molecule has 0 spiro atoms. The Morgan fingerprint density at radius 2 is 1.80 bits per heavy atom. The Kier molecular flexibility index (Phi) is 3.86. The Balaban J connectivity index is 2.90. The molecule has 0 radical (unpaired) electrons. The topological polar surface area (TPSA) is 45.7 Å². The quantitative estimate of drug-likeness (QED) is 0.754. The molecule has 0 fully saturated rings. The van der Waals surface area contributed by atoms with Crippen molar-refractivity contribution in [2.45, 2.75) is 20.8 Å². The van der Waals surface area contributed by atoms with Crippen molar-refractivity contribution in [3.63, 3.8) is 0 Å². The monoisotopic (exact) mass is 207 g/mol. The number of hydrogen-bond acceptors (Lipinski definition) is 1. The van der Waals surface area contributed by atoms with Crippen LogP contribution in [0.25, 0.3) is 0 Å². The third kappa shape index (κ3) is 3.06. The summed E-state index contributed by atoms with van der Waals surface area (Å²) >= 11 is 0. The van der Waals surface area contributed by atoms with Gasteiger partial charge in [0, 0.05) is 5.69 Å². The molecule has 1 aromatic carbocycles. The number of rotatable bonds is 3. The number of carbonyl (C=O) groups excluding carboxylic acids is 1. The van der Waals surface area contributed by atoms with E-state index in [0.29, 0.717) is 6.54 Å². The Labute approximate surface area is 90.9 Å². The van der Waals surface area contributed by atoms with Crippen molar-refractivity contribution in [1.82, 2.24) is 0 Å². The molecule has 0 saturated heterocycles. The van der Waals surface area contributed by atoms with Gasteiger partial charge in [-0.3, -0.25) is 4.79 Å². The first kappa shape index (κ1) is 11.7. The smallest absolute Gasteiger partial charge is 0.279 e. The minimum Gasteiger partial charge on any atom is -0.341 e. The van der Waals surface area contributed by atoms with E-state index < -0.39 is 0 Å². The van der Waals surface area contributed by atoms with Crippen LogP contribution in [0.15, 0.2) is 12.1 Å². The van der Waals surface area contributed by atoms with E-state index in [2.05, 4.69) is 24.4 Å². The molecule has 0 saturated carbocycles. The van der Waals surface area contributed by atoms with Gasteiger partial charge in [-0.05, 0) is 31.9 Å². The minimum atomic E-state index is 0.0487. The number of nitrogens with two attached hydrogens (primary N) is 1. The number of likely N-dealkylation sites (N-methyl/N-ethyl adjacent to an activating group) is 1. The molecule has 0 aliphatic rings. The largest absolute Gasteiger partial charge is 0.341 e. The van der Waals surface area contributed by atoms with Crippen molar-refractivity contribution < 1.29 is 10.1 Å². The zero-order valence-electron chi connectivity index (χ0n) is 9.85. The molecular weight excluding hydrogens is 188 g/mol. The maximum absolute atomic E-state index is 11.5. The van der Waals surface area contributed by atoms with E-state index in [4.69, 9.17) is 0 Å². The minimum absolute atomic E-state index is 0.0487. The maximum atomic E-state index is 11.5. The van der Waals surface area contributed by atoms with Crippen LogP contribution in [0.5, 0.6) is 0 Å². The van der Waals surface area contributed by atoms with Gasteiger partial charge in [0.2, 0.25) is 0 Å². The number of nitrogens with one attached hydrogen (secondary N) is 1. The van der Waals surface area contributed by atoms with Gasteiger partial charge in [0.05, 0.1) is 7.05 Å². The molecule has 0 heterocycles. The summed E-state index contributed by atoms with van der Waals surface area (Å²) in [5.41, 5.74) is 4.42. The van der Waals surface area contributed by atoms with E-state index in [9.17, 15) is 4.79 Å². The van der Waals surface area contributed by atoms with Gasteiger partial charge in [0.15, 0.2) is 6.54 Å². The lowest BCUT2D eigenvalue weighted by molar-refractivity contribution is -0.615. The molecule has 0 aromatic heterocycles. The van der Waals surface area contributed by atoms with E-state index in [1.54, 1.807) is 0 Å². The first-order chi connectivity index (χ1) is 7.04. The zero-order valence-corrected chi connectivity index (χ0v) is 9.85. The van der Waals surface area contributed by atoms with Gasteiger partial charge in [0.25, 0.3) is 5.91 Å². The van der Waals surface area contributed by atoms with E-state index >= 15 is 0 Å². The average molecular weight is 207 g/mol. The van der Waals surface area contributed by atoms with Crippen molar-refractivity contribution in [1.29, 1.82) is 0 Å². The van der Waals surface area contributed by atoms with Crippen molar-refractivity contribution >= 4 is 11.6 Å². The van der Waals surface area contributed by atoms with E-state index in [-0.39, 0.29) is 5.91 Å². The highest BCUT2D eigenvalue weighted by molar-refractivity contribution is 5.93. The number of hydrogen-bond donors (Lipinski definition) is 2. The highest BCUT2D eigenvalue weighted by atomic mass is 16.1. The summed E-state index contributed by atoms with van der Waals surface area (Å²) in [7, 11) is 1.88. The molecule has 1 aromatic rings. The number of carbonyl (C=O) groups is 1. The fraction of sp³-hybridized carbons (Fsp3) is 0.417. The normalized spacial score (nSPS) is 10.1. The van der Waals surface area contributed by atoms with Crippen LogP contribution in [0.2, 0.25) is 0 Å². The fourth-order valence-electron chi connectivity index (χ4n) is 1.75. The molecule has 0 atom stereocenters. The summed E-state index contributed by atoms with van der Waals surface area (Å²) in [4.78, 5) is 11.5. The summed E-state index contributed by atoms with van der Waals surface area (Å²) in [6, 6.07) is 4.16. The second-order valence-corrected chi connectivity index (χ2v) is 3.93. The van der Waals surface area contributed by atoms with Crippen molar-refractivity contribution in [2.24, 2.45) is 0 Å². The van der Waals surface area contributed by atoms with Gasteiger partial charge in [-0.1, -0.05) is 17.7 Å². The lowest BCUT2D eigenvalue weighted by Gasteiger charge is -2.11. The van der Waals surface area contributed by atoms with Crippen LogP contribution in [0.4, 0.5) is 5.69 Å². The second-order valence-electron chi connectivity index (χ2n) is 3.93. The van der Waals surface area contributed by atoms with Crippen molar-refractivity contribution in [3.8, 4) is 0 Å². The van der Waals surface area contributed by atoms with Gasteiger partial charge in [-0.2, -0.15) is 0 Å². The molecule has 1 amide bonds. The molecule has 15 heavy (non-hydrogen) atoms. The Hall–Kier alpha value is -1.35. The Bertz CT molecular complexity index is 349. The number of anilines is 1. The lowest BCUT2D eigenvalue weighted by atomic mass is 10.1. The molecule has 0 aliphatic heterocycles. The number of amides is 1. The predicted molar refractivity (Wildman–Crippen MR) is 62.0 cm³/mol. The van der Waals surface area contributed by atoms with E-state index in [1.807, 2.05) is 26.2 Å². The third-order valence-corrected chi connectivity index (χ3v) is 2.33. The summed E-state index contributed by atoms with van der Waals surface area (Å²) in [5, 5.41) is 4.79. The number of quaternary nitrogens is 1. The molecule has 3 heteroatoms. The molecular formula is C12H19N2O+. The zero-order chi connectivity index (χ0) is 11.4. The third-order valence-electron chi connectivity index (χ3n) is 2.33. The van der Waals surface area contributed by atoms with Crippen molar-refractivity contribution in [3.05, 3.63) is 28.8 Å². The van der Waals surface area contributed by atoms with Crippen LogP contribution < -0.4 is 10.6 Å². The van der Waals surface area contributed by atoms with E-state index in [1.165, 1.54) is 5.56 Å². The number of aryl methyl sites for hydroxylation is 3. The maximum Gasteiger partial charge on any atom is 0.279 e. The Morgan fingerprint density at radius 3 is 2.27 bits per heavy atom. The fourth-order valence-corrected chi connectivity index (χ4v) is 1.75. The van der Waals surface area contributed by atoms with Gasteiger partial charge in [0.1, 0.15) is 0 Å². The second kappa shape index (κ2) is 4.94. The summed E-state index contributed by atoms with van der Waals surface area (Å²) in [6.45, 7) is 6.56. The van der Waals surface area contributed by atoms with Crippen molar-refractivity contribution in [2.75, 3.05) is 18.9 Å². The standard InChI is InChI=1S/C12H18N2O/c1-8-5-9(2)12(10(3)6-8)14-11(15)7-13-4/h5-6,13H,7H2,1-4H3,(H,14,15)/p+1. The van der Waals surface area contributed by atoms with Crippen LogP contribution >= 0.6 is 0 Å². The molecule has 82 valence electrons. The molecule has 0 unspecified atom stereocenters. The Morgan fingerprint density at radius 1 is 1.27 bits per heavy atom. The van der Waals surface area contributed by atoms with Crippen LogP contribution in [-0.2, 0) is 4.79 Å². The van der Waals surface area contributed by atoms with E-state index in [0.717, 1.165) is 16.8 Å². The molecule has 1 rings (SSSR count). The predicted octanol–water partition coefficient (Wildman–Crippen LogP) is 0.744. The average Bonchev–Trinajstić information content (AvgIpc) is 2.11. The number of benzene rings is 1. The van der Waals surface area contributed by atoms with Gasteiger partial charge >= 0.3 is 0 Å².